The molecule has 3 rings (SSSR count). The van der Waals surface area contributed by atoms with Gasteiger partial charge < -0.3 is 28.4 Å². The molecule has 0 aliphatic carbocycles. The lowest BCUT2D eigenvalue weighted by molar-refractivity contribution is -0.325. The van der Waals surface area contributed by atoms with E-state index in [2.05, 4.69) is 20.1 Å². The number of unbranched alkanes of at least 4 members (excludes halogenated alkanes) is 5. The molecule has 0 N–H and O–H groups in total. The van der Waals surface area contributed by atoms with Crippen LogP contribution in [0.15, 0.2) is 86.0 Å². The van der Waals surface area contributed by atoms with Crippen molar-refractivity contribution in [2.45, 2.75) is 89.4 Å². The molecule has 0 spiro atoms. The molecule has 1 saturated heterocycles. The standard InChI is InChI=1S/C34H48O6/c1-4-7-8-9-10-17-24-37-34-33(39-26-29-20-15-12-16-21-29)32(36-23-6-3)31(30(40-34)27-35-22-5-2)38-25-28-18-13-11-14-19-28/h5-6,11-16,18-21,30-34H,2-4,7-10,17,22-27H2,1H3/t30-,31+,32+,33-,34-/m1/s1. The fourth-order valence-electron chi connectivity index (χ4n) is 4.78. The van der Waals surface area contributed by atoms with E-state index in [4.69, 9.17) is 28.4 Å². The van der Waals surface area contributed by atoms with Gasteiger partial charge in [0.25, 0.3) is 0 Å². The Bertz CT molecular complexity index is 921. The van der Waals surface area contributed by atoms with Crippen LogP contribution < -0.4 is 0 Å². The average molecular weight is 553 g/mol. The van der Waals surface area contributed by atoms with Gasteiger partial charge in [-0.15, -0.1) is 13.2 Å². The summed E-state index contributed by atoms with van der Waals surface area (Å²) < 4.78 is 38.2. The maximum atomic E-state index is 6.55. The van der Waals surface area contributed by atoms with Crippen molar-refractivity contribution in [1.82, 2.24) is 0 Å². The summed E-state index contributed by atoms with van der Waals surface area (Å²) >= 11 is 0. The van der Waals surface area contributed by atoms with E-state index < -0.39 is 30.7 Å². The van der Waals surface area contributed by atoms with E-state index in [1.54, 1.807) is 12.2 Å². The minimum Gasteiger partial charge on any atom is -0.375 e. The summed E-state index contributed by atoms with van der Waals surface area (Å²) in [6.07, 6.45) is 8.14. The summed E-state index contributed by atoms with van der Waals surface area (Å²) in [6.45, 7) is 12.4. The van der Waals surface area contributed by atoms with E-state index >= 15 is 0 Å². The number of ether oxygens (including phenoxy) is 6. The summed E-state index contributed by atoms with van der Waals surface area (Å²) in [4.78, 5) is 0. The molecule has 1 aliphatic heterocycles. The molecule has 2 aromatic carbocycles. The Labute approximate surface area is 241 Å². The van der Waals surface area contributed by atoms with E-state index in [0.29, 0.717) is 39.6 Å². The summed E-state index contributed by atoms with van der Waals surface area (Å²) in [5.41, 5.74) is 2.14. The molecule has 5 atom stereocenters. The number of rotatable bonds is 21. The average Bonchev–Trinajstić information content (AvgIpc) is 2.99. The van der Waals surface area contributed by atoms with Crippen LogP contribution in [0, 0.1) is 0 Å². The van der Waals surface area contributed by atoms with Gasteiger partial charge in [-0.3, -0.25) is 0 Å². The van der Waals surface area contributed by atoms with Gasteiger partial charge in [-0.1, -0.05) is 112 Å². The number of hydrogen-bond donors (Lipinski definition) is 0. The van der Waals surface area contributed by atoms with Crippen molar-refractivity contribution < 1.29 is 28.4 Å². The zero-order valence-corrected chi connectivity index (χ0v) is 24.2. The van der Waals surface area contributed by atoms with Crippen LogP contribution >= 0.6 is 0 Å². The Kier molecular flexibility index (Phi) is 15.9. The van der Waals surface area contributed by atoms with E-state index in [0.717, 1.165) is 24.0 Å². The van der Waals surface area contributed by atoms with Crippen LogP contribution in [-0.4, -0.2) is 57.1 Å². The van der Waals surface area contributed by atoms with Gasteiger partial charge in [0.1, 0.15) is 24.4 Å². The molecule has 1 fully saturated rings. The maximum Gasteiger partial charge on any atom is 0.186 e. The minimum absolute atomic E-state index is 0.321. The van der Waals surface area contributed by atoms with Gasteiger partial charge in [0.15, 0.2) is 6.29 Å². The molecular formula is C34H48O6. The van der Waals surface area contributed by atoms with Crippen LogP contribution in [-0.2, 0) is 41.6 Å². The fraction of sp³-hybridized carbons (Fsp3) is 0.529. The molecule has 40 heavy (non-hydrogen) atoms. The zero-order valence-electron chi connectivity index (χ0n) is 24.2. The summed E-state index contributed by atoms with van der Waals surface area (Å²) in [5.74, 6) is 0. The highest BCUT2D eigenvalue weighted by molar-refractivity contribution is 5.14. The van der Waals surface area contributed by atoms with Crippen LogP contribution in [0.1, 0.15) is 56.6 Å². The molecule has 0 aromatic heterocycles. The summed E-state index contributed by atoms with van der Waals surface area (Å²) in [5, 5.41) is 0. The molecule has 0 unspecified atom stereocenters. The van der Waals surface area contributed by atoms with Gasteiger partial charge in [0.05, 0.1) is 33.0 Å². The molecule has 0 radical (unpaired) electrons. The first kappa shape index (κ1) is 32.2. The maximum absolute atomic E-state index is 6.55. The molecule has 6 heteroatoms. The van der Waals surface area contributed by atoms with Crippen molar-refractivity contribution >= 4 is 0 Å². The molecule has 0 amide bonds. The predicted octanol–water partition coefficient (Wildman–Crippen LogP) is 7.03. The summed E-state index contributed by atoms with van der Waals surface area (Å²) in [6, 6.07) is 20.2. The van der Waals surface area contributed by atoms with Crippen molar-refractivity contribution in [3.05, 3.63) is 97.1 Å². The van der Waals surface area contributed by atoms with Crippen molar-refractivity contribution in [1.29, 1.82) is 0 Å². The summed E-state index contributed by atoms with van der Waals surface area (Å²) in [7, 11) is 0. The van der Waals surface area contributed by atoms with Gasteiger partial charge in [0, 0.05) is 6.61 Å². The lowest BCUT2D eigenvalue weighted by Gasteiger charge is -2.45. The smallest absolute Gasteiger partial charge is 0.186 e. The van der Waals surface area contributed by atoms with Crippen LogP contribution in [0.4, 0.5) is 0 Å². The third-order valence-corrected chi connectivity index (χ3v) is 6.87. The van der Waals surface area contributed by atoms with Crippen LogP contribution in [0.2, 0.25) is 0 Å². The largest absolute Gasteiger partial charge is 0.375 e. The molecule has 0 saturated carbocycles. The predicted molar refractivity (Wildman–Crippen MR) is 159 cm³/mol. The van der Waals surface area contributed by atoms with Gasteiger partial charge in [-0.25, -0.2) is 0 Å². The Morgan fingerprint density at radius 1 is 0.675 bits per heavy atom. The Morgan fingerprint density at radius 3 is 1.90 bits per heavy atom. The highest BCUT2D eigenvalue weighted by Crippen LogP contribution is 2.31. The number of benzene rings is 2. The highest BCUT2D eigenvalue weighted by Gasteiger charge is 2.49. The van der Waals surface area contributed by atoms with E-state index in [1.807, 2.05) is 60.7 Å². The van der Waals surface area contributed by atoms with E-state index in [1.165, 1.54) is 25.7 Å². The van der Waals surface area contributed by atoms with Crippen LogP contribution in [0.25, 0.3) is 0 Å². The van der Waals surface area contributed by atoms with Crippen LogP contribution in [0.3, 0.4) is 0 Å². The van der Waals surface area contributed by atoms with Gasteiger partial charge in [0.2, 0.25) is 0 Å². The van der Waals surface area contributed by atoms with Crippen molar-refractivity contribution in [2.75, 3.05) is 26.4 Å². The van der Waals surface area contributed by atoms with Gasteiger partial charge in [-0.2, -0.15) is 0 Å². The molecule has 1 aliphatic rings. The van der Waals surface area contributed by atoms with Crippen molar-refractivity contribution in [3.8, 4) is 0 Å². The topological polar surface area (TPSA) is 55.4 Å². The SMILES string of the molecule is C=CCOC[C@H]1O[C@@H](OCCCCCCCC)[C@H](OCc2ccccc2)[C@@H](OCC=C)[C@H]1OCc1ccccc1. The second-order valence-corrected chi connectivity index (χ2v) is 10.1. The lowest BCUT2D eigenvalue weighted by atomic mass is 9.98. The molecule has 2 aromatic rings. The first-order valence-electron chi connectivity index (χ1n) is 14.8. The Morgan fingerprint density at radius 2 is 1.27 bits per heavy atom. The third kappa shape index (κ3) is 11.3. The van der Waals surface area contributed by atoms with Crippen molar-refractivity contribution in [3.63, 3.8) is 0 Å². The van der Waals surface area contributed by atoms with Crippen molar-refractivity contribution in [2.24, 2.45) is 0 Å². The molecule has 6 nitrogen and oxygen atoms in total. The lowest BCUT2D eigenvalue weighted by Crippen LogP contribution is -2.62. The second kappa shape index (κ2) is 19.7. The second-order valence-electron chi connectivity index (χ2n) is 10.1. The van der Waals surface area contributed by atoms with E-state index in [-0.39, 0.29) is 0 Å². The molecule has 1 heterocycles. The molecular weight excluding hydrogens is 504 g/mol. The quantitative estimate of drug-likeness (QED) is 0.122. The zero-order chi connectivity index (χ0) is 28.3. The minimum atomic E-state index is -0.622. The fourth-order valence-corrected chi connectivity index (χ4v) is 4.78. The first-order valence-corrected chi connectivity index (χ1v) is 14.8. The van der Waals surface area contributed by atoms with Crippen LogP contribution in [0.5, 0.6) is 0 Å². The number of hydrogen-bond acceptors (Lipinski definition) is 6. The molecule has 0 bridgehead atoms. The monoisotopic (exact) mass is 552 g/mol. The normalized spacial score (nSPS) is 22.7. The first-order chi connectivity index (χ1) is 19.8. The Hall–Kier alpha value is -2.32. The van der Waals surface area contributed by atoms with Gasteiger partial charge >= 0.3 is 0 Å². The third-order valence-electron chi connectivity index (χ3n) is 6.87. The molecule has 220 valence electrons. The van der Waals surface area contributed by atoms with E-state index in [9.17, 15) is 0 Å². The highest BCUT2D eigenvalue weighted by atomic mass is 16.7. The Balaban J connectivity index is 1.78. The van der Waals surface area contributed by atoms with Gasteiger partial charge in [-0.05, 0) is 17.5 Å².